The zero-order valence-electron chi connectivity index (χ0n) is 17.7. The minimum Gasteiger partial charge on any atom is -0.467 e. The van der Waals surface area contributed by atoms with Gasteiger partial charge in [0, 0.05) is 34.8 Å². The third-order valence-electron chi connectivity index (χ3n) is 4.18. The molecule has 1 amide bonds. The van der Waals surface area contributed by atoms with Crippen LogP contribution < -0.4 is 5.32 Å². The lowest BCUT2D eigenvalue weighted by Crippen LogP contribution is -2.65. The van der Waals surface area contributed by atoms with Crippen LogP contribution in [-0.4, -0.2) is 81.3 Å². The molecular formula is C18H27NO11. The van der Waals surface area contributed by atoms with Crippen molar-refractivity contribution in [3.8, 4) is 0 Å². The average molecular weight is 433 g/mol. The second-order valence-electron chi connectivity index (χ2n) is 6.51. The molecule has 0 spiro atoms. The number of carbonyl (C=O) groups excluding carboxylic acids is 5. The van der Waals surface area contributed by atoms with Crippen molar-refractivity contribution >= 4 is 29.8 Å². The Kier molecular flexibility index (Phi) is 9.66. The first kappa shape index (κ1) is 25.3. The normalized spacial score (nSPS) is 26.7. The van der Waals surface area contributed by atoms with Gasteiger partial charge < -0.3 is 33.7 Å². The molecule has 0 saturated carbocycles. The van der Waals surface area contributed by atoms with E-state index < -0.39 is 66.3 Å². The summed E-state index contributed by atoms with van der Waals surface area (Å²) in [4.78, 5) is 58.8. The van der Waals surface area contributed by atoms with Gasteiger partial charge in [-0.25, -0.2) is 4.79 Å². The van der Waals surface area contributed by atoms with Gasteiger partial charge in [-0.15, -0.1) is 0 Å². The van der Waals surface area contributed by atoms with E-state index in [2.05, 4.69) is 5.32 Å². The fraction of sp³-hybridized carbons (Fsp3) is 0.722. The van der Waals surface area contributed by atoms with Crippen LogP contribution in [0.15, 0.2) is 0 Å². The molecule has 0 unspecified atom stereocenters. The maximum absolute atomic E-state index is 12.4. The molecule has 0 aromatic rings. The van der Waals surface area contributed by atoms with Gasteiger partial charge in [0.15, 0.2) is 18.5 Å². The zero-order valence-corrected chi connectivity index (χ0v) is 17.7. The summed E-state index contributed by atoms with van der Waals surface area (Å²) in [7, 11) is 2.37. The number of methoxy groups -OCH3 is 2. The molecule has 0 aliphatic carbocycles. The molecule has 0 radical (unpaired) electrons. The largest absolute Gasteiger partial charge is 0.467 e. The van der Waals surface area contributed by atoms with Crippen molar-refractivity contribution in [2.75, 3.05) is 20.8 Å². The smallest absolute Gasteiger partial charge is 0.329 e. The summed E-state index contributed by atoms with van der Waals surface area (Å²) in [6, 6.07) is -1.37. The van der Waals surface area contributed by atoms with Gasteiger partial charge in [-0.1, -0.05) is 0 Å². The number of amides is 1. The van der Waals surface area contributed by atoms with Gasteiger partial charge in [-0.2, -0.15) is 0 Å². The second kappa shape index (κ2) is 11.5. The van der Waals surface area contributed by atoms with Crippen molar-refractivity contribution in [3.63, 3.8) is 0 Å². The number of esters is 4. The monoisotopic (exact) mass is 433 g/mol. The van der Waals surface area contributed by atoms with Gasteiger partial charge in [0.2, 0.25) is 5.91 Å². The van der Waals surface area contributed by atoms with E-state index in [4.69, 9.17) is 28.4 Å². The third-order valence-corrected chi connectivity index (χ3v) is 4.18. The fourth-order valence-electron chi connectivity index (χ4n) is 3.15. The maximum atomic E-state index is 12.4. The molecule has 12 nitrogen and oxygen atoms in total. The van der Waals surface area contributed by atoms with E-state index in [9.17, 15) is 24.0 Å². The first-order valence-electron chi connectivity index (χ1n) is 9.02. The Labute approximate surface area is 173 Å². The molecule has 1 saturated heterocycles. The predicted molar refractivity (Wildman–Crippen MR) is 96.5 cm³/mol. The van der Waals surface area contributed by atoms with Crippen LogP contribution in [0.1, 0.15) is 27.7 Å². The van der Waals surface area contributed by atoms with Crippen molar-refractivity contribution in [1.29, 1.82) is 0 Å². The van der Waals surface area contributed by atoms with Crippen LogP contribution in [0, 0.1) is 5.92 Å². The summed E-state index contributed by atoms with van der Waals surface area (Å²) in [5, 5.41) is 2.42. The molecule has 1 N–H and O–H groups in total. The van der Waals surface area contributed by atoms with Crippen molar-refractivity contribution < 1.29 is 52.4 Å². The molecule has 0 aromatic carbocycles. The number of nitrogens with one attached hydrogen (secondary N) is 1. The lowest BCUT2D eigenvalue weighted by Gasteiger charge is -2.46. The fourth-order valence-corrected chi connectivity index (χ4v) is 3.15. The van der Waals surface area contributed by atoms with E-state index in [1.807, 2.05) is 0 Å². The van der Waals surface area contributed by atoms with Gasteiger partial charge in [0.05, 0.1) is 13.0 Å². The molecule has 0 bridgehead atoms. The Bertz CT molecular complexity index is 665. The molecule has 12 heteroatoms. The van der Waals surface area contributed by atoms with E-state index in [0.717, 1.165) is 21.0 Å². The second-order valence-corrected chi connectivity index (χ2v) is 6.51. The van der Waals surface area contributed by atoms with E-state index >= 15 is 0 Å². The summed E-state index contributed by atoms with van der Waals surface area (Å²) in [6.07, 6.45) is -4.89. The van der Waals surface area contributed by atoms with Crippen molar-refractivity contribution in [3.05, 3.63) is 0 Å². The molecule has 1 aliphatic rings. The van der Waals surface area contributed by atoms with Crippen molar-refractivity contribution in [2.24, 2.45) is 5.92 Å². The third kappa shape index (κ3) is 6.95. The molecule has 170 valence electrons. The van der Waals surface area contributed by atoms with Crippen molar-refractivity contribution in [1.82, 2.24) is 5.32 Å². The zero-order chi connectivity index (χ0) is 23.0. The number of carbonyl (C=O) groups is 5. The maximum Gasteiger partial charge on any atom is 0.329 e. The van der Waals surface area contributed by atoms with Crippen LogP contribution in [-0.2, 0) is 52.4 Å². The van der Waals surface area contributed by atoms with E-state index in [1.165, 1.54) is 21.0 Å². The first-order valence-corrected chi connectivity index (χ1v) is 9.02. The highest BCUT2D eigenvalue weighted by molar-refractivity contribution is 5.83. The van der Waals surface area contributed by atoms with Crippen LogP contribution >= 0.6 is 0 Å². The topological polar surface area (TPSA) is 153 Å². The molecule has 0 aromatic heterocycles. The Morgan fingerprint density at radius 1 is 0.900 bits per heavy atom. The van der Waals surface area contributed by atoms with Crippen LogP contribution in [0.2, 0.25) is 0 Å². The highest BCUT2D eigenvalue weighted by Crippen LogP contribution is 2.34. The van der Waals surface area contributed by atoms with E-state index in [1.54, 1.807) is 0 Å². The predicted octanol–water partition coefficient (Wildman–Crippen LogP) is -0.922. The Morgan fingerprint density at radius 2 is 1.47 bits per heavy atom. The summed E-state index contributed by atoms with van der Waals surface area (Å²) in [6.45, 7) is 4.24. The molecule has 1 fully saturated rings. The molecule has 30 heavy (non-hydrogen) atoms. The first-order chi connectivity index (χ1) is 14.0. The van der Waals surface area contributed by atoms with Gasteiger partial charge in [0.25, 0.3) is 0 Å². The molecule has 1 aliphatic heterocycles. The lowest BCUT2D eigenvalue weighted by atomic mass is 9.84. The summed E-state index contributed by atoms with van der Waals surface area (Å²) in [5.41, 5.74) is 0. The van der Waals surface area contributed by atoms with Gasteiger partial charge in [-0.3, -0.25) is 19.2 Å². The van der Waals surface area contributed by atoms with E-state index in [-0.39, 0.29) is 6.61 Å². The van der Waals surface area contributed by atoms with Gasteiger partial charge >= 0.3 is 23.9 Å². The quantitative estimate of drug-likeness (QED) is 0.373. The Morgan fingerprint density at radius 3 is 1.90 bits per heavy atom. The highest BCUT2D eigenvalue weighted by Gasteiger charge is 2.55. The molecule has 6 atom stereocenters. The molecule has 1 heterocycles. The van der Waals surface area contributed by atoms with E-state index in [0.29, 0.717) is 0 Å². The number of ether oxygens (including phenoxy) is 6. The number of hydrogen-bond acceptors (Lipinski definition) is 11. The summed E-state index contributed by atoms with van der Waals surface area (Å²) < 4.78 is 31.4. The van der Waals surface area contributed by atoms with Crippen LogP contribution in [0.25, 0.3) is 0 Å². The van der Waals surface area contributed by atoms with Gasteiger partial charge in [0.1, 0.15) is 18.8 Å². The standard InChI is InChI=1S/C18H27NO11/c1-8(20)19-14(17(24)25-5)13-16(29-11(4)23)15(28-10(3)22)12(7-27-9(2)21)30-18(13)26-6/h12-16,18H,7H2,1-6H3,(H,19,20)/t12-,13-,14+,15-,16-,18-/m1/s1. The van der Waals surface area contributed by atoms with Crippen LogP contribution in [0.5, 0.6) is 0 Å². The number of hydrogen-bond donors (Lipinski definition) is 1. The lowest BCUT2D eigenvalue weighted by molar-refractivity contribution is -0.289. The number of rotatable bonds is 8. The van der Waals surface area contributed by atoms with Crippen LogP contribution in [0.3, 0.4) is 0 Å². The van der Waals surface area contributed by atoms with Crippen molar-refractivity contribution in [2.45, 2.75) is 58.3 Å². The minimum absolute atomic E-state index is 0.347. The van der Waals surface area contributed by atoms with Gasteiger partial charge in [-0.05, 0) is 0 Å². The Hall–Kier alpha value is -2.73. The van der Waals surface area contributed by atoms with Crippen LogP contribution in [0.4, 0.5) is 0 Å². The highest BCUT2D eigenvalue weighted by atomic mass is 16.7. The summed E-state index contributed by atoms with van der Waals surface area (Å²) >= 11 is 0. The SMILES string of the molecule is COC(=O)[C@@H](NC(C)=O)[C@H]1[C@H](OC)O[C@H](COC(C)=O)[C@@H](OC(C)=O)[C@@H]1OC(C)=O. The Balaban J connectivity index is 3.47. The summed E-state index contributed by atoms with van der Waals surface area (Å²) in [5.74, 6) is -4.71. The molecule has 1 rings (SSSR count). The average Bonchev–Trinajstić information content (AvgIpc) is 2.64. The molecular weight excluding hydrogens is 406 g/mol. The minimum atomic E-state index is -1.37.